The lowest BCUT2D eigenvalue weighted by atomic mass is 9.93. The van der Waals surface area contributed by atoms with Crippen molar-refractivity contribution < 1.29 is 4.80 Å². The highest BCUT2D eigenvalue weighted by Gasteiger charge is 2.19. The predicted octanol–water partition coefficient (Wildman–Crippen LogP) is 4.01. The zero-order valence-electron chi connectivity index (χ0n) is 10.8. The summed E-state index contributed by atoms with van der Waals surface area (Å²) in [5.74, 6) is 0. The molecule has 0 saturated carbocycles. The smallest absolute Gasteiger partial charge is 0.222 e. The first-order chi connectivity index (χ1) is 6.10. The highest BCUT2D eigenvalue weighted by atomic mass is 28.3. The first kappa shape index (κ1) is 14.2. The molecule has 0 atom stereocenters. The first-order valence-electron chi connectivity index (χ1n) is 5.76. The van der Waals surface area contributed by atoms with Gasteiger partial charge in [-0.15, -0.1) is 0 Å². The van der Waals surface area contributed by atoms with E-state index in [1.165, 1.54) is 0 Å². The maximum absolute atomic E-state index is 11.8. The molecule has 0 spiro atoms. The Morgan fingerprint density at radius 2 is 1.07 bits per heavy atom. The van der Waals surface area contributed by atoms with Crippen LogP contribution in [0.3, 0.4) is 0 Å². The van der Waals surface area contributed by atoms with Crippen molar-refractivity contribution >= 4 is 9.04 Å². The summed E-state index contributed by atoms with van der Waals surface area (Å²) in [6.07, 6.45) is 2.22. The molecule has 1 nitrogen and oxygen atoms in total. The van der Waals surface area contributed by atoms with Crippen molar-refractivity contribution in [2.24, 2.45) is 10.8 Å². The van der Waals surface area contributed by atoms with Gasteiger partial charge in [-0.3, -0.25) is 0 Å². The van der Waals surface area contributed by atoms with Crippen LogP contribution in [0, 0.1) is 10.8 Å². The van der Waals surface area contributed by atoms with Gasteiger partial charge in [-0.2, -0.15) is 0 Å². The van der Waals surface area contributed by atoms with E-state index < -0.39 is 9.04 Å². The van der Waals surface area contributed by atoms with Gasteiger partial charge in [0.2, 0.25) is 9.04 Å². The molecular formula is C12H27OSi. The molecule has 0 saturated heterocycles. The molecule has 14 heavy (non-hydrogen) atoms. The van der Waals surface area contributed by atoms with Crippen molar-refractivity contribution in [1.29, 1.82) is 0 Å². The summed E-state index contributed by atoms with van der Waals surface area (Å²) in [7, 11) is -1.65. The minimum absolute atomic E-state index is 0.345. The van der Waals surface area contributed by atoms with Gasteiger partial charge in [0.05, 0.1) is 0 Å². The third kappa shape index (κ3) is 10.3. The van der Waals surface area contributed by atoms with Crippen LogP contribution in [0.15, 0.2) is 0 Å². The summed E-state index contributed by atoms with van der Waals surface area (Å²) in [6.45, 7) is 13.3. The summed E-state index contributed by atoms with van der Waals surface area (Å²) in [5.41, 5.74) is 0.689. The number of hydrogen-bond acceptors (Lipinski definition) is 0. The lowest BCUT2D eigenvalue weighted by molar-refractivity contribution is 0.358. The Labute approximate surface area is 91.6 Å². The molecule has 0 aromatic rings. The molecule has 0 fully saturated rings. The number of hydrogen-bond donors (Lipinski definition) is 0. The van der Waals surface area contributed by atoms with Crippen molar-refractivity contribution in [3.63, 3.8) is 0 Å². The standard InChI is InChI=1S/C12H27OSi/c1-11(2,3)7-9-14(13)10-8-12(4,5)6/h14H,7-10H2,1-6H3. The summed E-state index contributed by atoms with van der Waals surface area (Å²) >= 11 is 0. The molecule has 0 rings (SSSR count). The van der Waals surface area contributed by atoms with Gasteiger partial charge in [0.1, 0.15) is 0 Å². The van der Waals surface area contributed by atoms with Crippen LogP contribution in [0.2, 0.25) is 12.1 Å². The summed E-state index contributed by atoms with van der Waals surface area (Å²) in [6, 6.07) is 1.94. The Morgan fingerprint density at radius 3 is 1.29 bits per heavy atom. The van der Waals surface area contributed by atoms with Crippen LogP contribution in [-0.4, -0.2) is 9.04 Å². The molecule has 0 N–H and O–H groups in total. The summed E-state index contributed by atoms with van der Waals surface area (Å²) in [5, 5.41) is 0. The third-order valence-corrected chi connectivity index (χ3v) is 4.30. The Bertz CT molecular complexity index is 135. The van der Waals surface area contributed by atoms with E-state index in [0.29, 0.717) is 10.8 Å². The molecule has 0 aliphatic rings. The molecule has 0 aliphatic heterocycles. The van der Waals surface area contributed by atoms with Crippen LogP contribution >= 0.6 is 0 Å². The van der Waals surface area contributed by atoms with Gasteiger partial charge in [0, 0.05) is 0 Å². The molecule has 0 unspecified atom stereocenters. The van der Waals surface area contributed by atoms with Crippen LogP contribution in [-0.2, 0) is 4.80 Å². The lowest BCUT2D eigenvalue weighted by Gasteiger charge is -2.21. The fraction of sp³-hybridized carbons (Fsp3) is 1.00. The van der Waals surface area contributed by atoms with Gasteiger partial charge in [0.15, 0.2) is 0 Å². The van der Waals surface area contributed by atoms with Gasteiger partial charge >= 0.3 is 0 Å². The Hall–Kier alpha value is 0.177. The molecule has 0 amide bonds. The van der Waals surface area contributed by atoms with Gasteiger partial charge in [-0.05, 0) is 35.8 Å². The number of rotatable bonds is 4. The topological polar surface area (TPSA) is 19.9 Å². The fourth-order valence-electron chi connectivity index (χ4n) is 1.33. The second-order valence-corrected chi connectivity index (χ2v) is 9.22. The molecule has 0 bridgehead atoms. The average molecular weight is 215 g/mol. The van der Waals surface area contributed by atoms with Gasteiger partial charge in [0.25, 0.3) is 0 Å². The largest absolute Gasteiger partial charge is 0.302 e. The second kappa shape index (κ2) is 5.31. The maximum atomic E-state index is 11.8. The normalized spacial score (nSPS) is 13.7. The molecule has 0 heterocycles. The summed E-state index contributed by atoms with van der Waals surface area (Å²) < 4.78 is 0. The van der Waals surface area contributed by atoms with Gasteiger partial charge < -0.3 is 4.80 Å². The minimum atomic E-state index is -1.65. The molecular weight excluding hydrogens is 188 g/mol. The monoisotopic (exact) mass is 215 g/mol. The first-order valence-corrected chi connectivity index (χ1v) is 7.86. The Balaban J connectivity index is 3.62. The van der Waals surface area contributed by atoms with Crippen LogP contribution in [0.1, 0.15) is 54.4 Å². The molecule has 2 heteroatoms. The van der Waals surface area contributed by atoms with Crippen molar-refractivity contribution in [3.8, 4) is 0 Å². The third-order valence-electron chi connectivity index (χ3n) is 2.43. The van der Waals surface area contributed by atoms with Gasteiger partial charge in [-0.1, -0.05) is 41.5 Å². The van der Waals surface area contributed by atoms with E-state index in [1.807, 2.05) is 0 Å². The fourth-order valence-corrected chi connectivity index (χ4v) is 4.00. The Kier molecular flexibility index (Phi) is 5.38. The van der Waals surface area contributed by atoms with Crippen molar-refractivity contribution in [1.82, 2.24) is 0 Å². The van der Waals surface area contributed by atoms with E-state index in [2.05, 4.69) is 41.5 Å². The van der Waals surface area contributed by atoms with E-state index in [4.69, 9.17) is 0 Å². The second-order valence-electron chi connectivity index (χ2n) is 6.82. The Morgan fingerprint density at radius 1 is 0.786 bits per heavy atom. The maximum Gasteiger partial charge on any atom is 0.222 e. The van der Waals surface area contributed by atoms with Crippen molar-refractivity contribution in [3.05, 3.63) is 0 Å². The van der Waals surface area contributed by atoms with E-state index >= 15 is 0 Å². The minimum Gasteiger partial charge on any atom is -0.302 e. The van der Waals surface area contributed by atoms with Gasteiger partial charge in [-0.25, -0.2) is 0 Å². The highest BCUT2D eigenvalue weighted by molar-refractivity contribution is 6.49. The van der Waals surface area contributed by atoms with Crippen LogP contribution < -0.4 is 0 Å². The zero-order valence-corrected chi connectivity index (χ0v) is 12.0. The zero-order chi connectivity index (χ0) is 11.4. The molecule has 1 radical (unpaired) electrons. The van der Waals surface area contributed by atoms with Crippen LogP contribution in [0.4, 0.5) is 0 Å². The average Bonchev–Trinajstić information content (AvgIpc) is 1.94. The molecule has 0 aromatic heterocycles. The molecule has 0 aliphatic carbocycles. The van der Waals surface area contributed by atoms with E-state index in [9.17, 15) is 4.80 Å². The predicted molar refractivity (Wildman–Crippen MR) is 65.6 cm³/mol. The SMILES string of the molecule is CC(C)(C)CC[SiH]([O])CCC(C)(C)C. The highest BCUT2D eigenvalue weighted by Crippen LogP contribution is 2.26. The van der Waals surface area contributed by atoms with Crippen LogP contribution in [0.5, 0.6) is 0 Å². The lowest BCUT2D eigenvalue weighted by Crippen LogP contribution is -2.17. The van der Waals surface area contributed by atoms with E-state index in [1.54, 1.807) is 0 Å². The molecule has 85 valence electrons. The quantitative estimate of drug-likeness (QED) is 0.631. The van der Waals surface area contributed by atoms with Crippen molar-refractivity contribution in [2.45, 2.75) is 66.5 Å². The van der Waals surface area contributed by atoms with Crippen molar-refractivity contribution in [2.75, 3.05) is 0 Å². The van der Waals surface area contributed by atoms with E-state index in [0.717, 1.165) is 24.9 Å². The van der Waals surface area contributed by atoms with E-state index in [-0.39, 0.29) is 0 Å². The molecule has 0 aromatic carbocycles. The van der Waals surface area contributed by atoms with Crippen LogP contribution in [0.25, 0.3) is 0 Å². The summed E-state index contributed by atoms with van der Waals surface area (Å²) in [4.78, 5) is 11.8.